The van der Waals surface area contributed by atoms with Gasteiger partial charge in [0.1, 0.15) is 5.75 Å². The molecular formula is C17H20N2O2. The van der Waals surface area contributed by atoms with Crippen molar-refractivity contribution in [3.8, 4) is 5.75 Å². The first-order valence-electron chi connectivity index (χ1n) is 6.92. The molecule has 0 spiro atoms. The molecule has 2 aromatic rings. The molecule has 1 amide bonds. The fourth-order valence-electron chi connectivity index (χ4n) is 2.12. The summed E-state index contributed by atoms with van der Waals surface area (Å²) in [4.78, 5) is 12.3. The van der Waals surface area contributed by atoms with E-state index in [1.807, 2.05) is 39.0 Å². The summed E-state index contributed by atoms with van der Waals surface area (Å²) in [7, 11) is 0. The van der Waals surface area contributed by atoms with E-state index in [9.17, 15) is 4.79 Å². The van der Waals surface area contributed by atoms with Gasteiger partial charge in [0.05, 0.1) is 12.3 Å². The van der Waals surface area contributed by atoms with Crippen molar-refractivity contribution >= 4 is 17.3 Å². The largest absolute Gasteiger partial charge is 0.492 e. The fourth-order valence-corrected chi connectivity index (χ4v) is 2.12. The van der Waals surface area contributed by atoms with Crippen molar-refractivity contribution in [3.63, 3.8) is 0 Å². The Morgan fingerprint density at radius 3 is 2.57 bits per heavy atom. The number of anilines is 2. The van der Waals surface area contributed by atoms with E-state index in [4.69, 9.17) is 10.5 Å². The first-order chi connectivity index (χ1) is 10.0. The molecule has 0 aliphatic carbocycles. The molecule has 0 bridgehead atoms. The molecule has 4 nitrogen and oxygen atoms in total. The molecule has 0 heterocycles. The van der Waals surface area contributed by atoms with E-state index in [1.165, 1.54) is 0 Å². The number of rotatable bonds is 4. The minimum atomic E-state index is -0.184. The number of nitrogens with two attached hydrogens (primary N) is 1. The van der Waals surface area contributed by atoms with Gasteiger partial charge in [-0.3, -0.25) is 4.79 Å². The number of aryl methyl sites for hydroxylation is 2. The highest BCUT2D eigenvalue weighted by molar-refractivity contribution is 6.05. The zero-order chi connectivity index (χ0) is 15.4. The van der Waals surface area contributed by atoms with Crippen molar-refractivity contribution in [1.29, 1.82) is 0 Å². The average molecular weight is 284 g/mol. The molecule has 0 aromatic heterocycles. The second-order valence-electron chi connectivity index (χ2n) is 4.96. The van der Waals surface area contributed by atoms with Crippen LogP contribution in [0.1, 0.15) is 28.4 Å². The van der Waals surface area contributed by atoms with Crippen LogP contribution in [0.4, 0.5) is 11.4 Å². The molecule has 0 fully saturated rings. The Hall–Kier alpha value is -2.49. The molecule has 0 aliphatic rings. The first kappa shape index (κ1) is 14.9. The normalized spacial score (nSPS) is 10.2. The molecule has 0 unspecified atom stereocenters. The predicted octanol–water partition coefficient (Wildman–Crippen LogP) is 3.54. The topological polar surface area (TPSA) is 64.3 Å². The van der Waals surface area contributed by atoms with Crippen LogP contribution in [0, 0.1) is 13.8 Å². The van der Waals surface area contributed by atoms with Crippen LogP contribution in [-0.2, 0) is 0 Å². The van der Waals surface area contributed by atoms with Crippen LogP contribution in [0.25, 0.3) is 0 Å². The standard InChI is InChI=1S/C17H20N2O2/c1-4-21-16-8-6-13(10-14(16)18)17(20)19-15-7-5-11(2)9-12(15)3/h5-10H,4,18H2,1-3H3,(H,19,20). The Bertz CT molecular complexity index is 666. The number of carbonyl (C=O) groups excluding carboxylic acids is 1. The predicted molar refractivity (Wildman–Crippen MR) is 85.9 cm³/mol. The number of carbonyl (C=O) groups is 1. The number of amides is 1. The lowest BCUT2D eigenvalue weighted by molar-refractivity contribution is 0.102. The van der Waals surface area contributed by atoms with Crippen molar-refractivity contribution < 1.29 is 9.53 Å². The Labute approximate surface area is 124 Å². The van der Waals surface area contributed by atoms with Gasteiger partial charge < -0.3 is 15.8 Å². The summed E-state index contributed by atoms with van der Waals surface area (Å²) in [6, 6.07) is 11.0. The van der Waals surface area contributed by atoms with Crippen LogP contribution < -0.4 is 15.8 Å². The van der Waals surface area contributed by atoms with Gasteiger partial charge in [-0.1, -0.05) is 17.7 Å². The van der Waals surface area contributed by atoms with Crippen molar-refractivity contribution in [2.24, 2.45) is 0 Å². The maximum absolute atomic E-state index is 12.3. The highest BCUT2D eigenvalue weighted by atomic mass is 16.5. The number of hydrogen-bond acceptors (Lipinski definition) is 3. The molecule has 2 aromatic carbocycles. The van der Waals surface area contributed by atoms with Gasteiger partial charge >= 0.3 is 0 Å². The second kappa shape index (κ2) is 6.31. The molecule has 21 heavy (non-hydrogen) atoms. The van der Waals surface area contributed by atoms with E-state index in [2.05, 4.69) is 5.32 Å². The number of nitrogen functional groups attached to an aromatic ring is 1. The van der Waals surface area contributed by atoms with Gasteiger partial charge in [0.2, 0.25) is 0 Å². The SMILES string of the molecule is CCOc1ccc(C(=O)Nc2ccc(C)cc2C)cc1N. The lowest BCUT2D eigenvalue weighted by atomic mass is 10.1. The van der Waals surface area contributed by atoms with Gasteiger partial charge in [0, 0.05) is 11.3 Å². The Kier molecular flexibility index (Phi) is 4.48. The van der Waals surface area contributed by atoms with Gasteiger partial charge in [-0.05, 0) is 50.6 Å². The molecule has 0 saturated heterocycles. The summed E-state index contributed by atoms with van der Waals surface area (Å²) < 4.78 is 5.37. The third-order valence-electron chi connectivity index (χ3n) is 3.20. The maximum atomic E-state index is 12.3. The van der Waals surface area contributed by atoms with Crippen molar-refractivity contribution in [1.82, 2.24) is 0 Å². The summed E-state index contributed by atoms with van der Waals surface area (Å²) in [6.07, 6.45) is 0. The van der Waals surface area contributed by atoms with Crippen LogP contribution in [0.2, 0.25) is 0 Å². The van der Waals surface area contributed by atoms with Crippen molar-refractivity contribution in [2.75, 3.05) is 17.7 Å². The number of hydrogen-bond donors (Lipinski definition) is 2. The molecule has 3 N–H and O–H groups in total. The Balaban J connectivity index is 2.18. The van der Waals surface area contributed by atoms with E-state index in [-0.39, 0.29) is 5.91 Å². The molecular weight excluding hydrogens is 264 g/mol. The molecule has 0 saturated carbocycles. The lowest BCUT2D eigenvalue weighted by Crippen LogP contribution is -2.13. The quantitative estimate of drug-likeness (QED) is 0.844. The zero-order valence-corrected chi connectivity index (χ0v) is 12.6. The molecule has 110 valence electrons. The van der Waals surface area contributed by atoms with Gasteiger partial charge in [-0.25, -0.2) is 0 Å². The molecule has 0 radical (unpaired) electrons. The van der Waals surface area contributed by atoms with E-state index in [0.717, 1.165) is 16.8 Å². The maximum Gasteiger partial charge on any atom is 0.255 e. The van der Waals surface area contributed by atoms with E-state index in [0.29, 0.717) is 23.6 Å². The first-order valence-corrected chi connectivity index (χ1v) is 6.92. The molecule has 4 heteroatoms. The fraction of sp³-hybridized carbons (Fsp3) is 0.235. The zero-order valence-electron chi connectivity index (χ0n) is 12.6. The minimum absolute atomic E-state index is 0.184. The van der Waals surface area contributed by atoms with Crippen LogP contribution in [-0.4, -0.2) is 12.5 Å². The number of nitrogens with one attached hydrogen (secondary N) is 1. The molecule has 0 aliphatic heterocycles. The average Bonchev–Trinajstić information content (AvgIpc) is 2.44. The summed E-state index contributed by atoms with van der Waals surface area (Å²) >= 11 is 0. The van der Waals surface area contributed by atoms with Crippen LogP contribution in [0.15, 0.2) is 36.4 Å². The third-order valence-corrected chi connectivity index (χ3v) is 3.20. The minimum Gasteiger partial charge on any atom is -0.492 e. The Morgan fingerprint density at radius 1 is 1.19 bits per heavy atom. The monoisotopic (exact) mass is 284 g/mol. The molecule has 2 rings (SSSR count). The van der Waals surface area contributed by atoms with Crippen molar-refractivity contribution in [3.05, 3.63) is 53.1 Å². The third kappa shape index (κ3) is 3.54. The van der Waals surface area contributed by atoms with Crippen LogP contribution >= 0.6 is 0 Å². The number of benzene rings is 2. The smallest absolute Gasteiger partial charge is 0.255 e. The van der Waals surface area contributed by atoms with Gasteiger partial charge in [-0.2, -0.15) is 0 Å². The Morgan fingerprint density at radius 2 is 1.95 bits per heavy atom. The van der Waals surface area contributed by atoms with Gasteiger partial charge in [0.25, 0.3) is 5.91 Å². The van der Waals surface area contributed by atoms with Gasteiger partial charge in [0.15, 0.2) is 0 Å². The highest BCUT2D eigenvalue weighted by Crippen LogP contribution is 2.23. The summed E-state index contributed by atoms with van der Waals surface area (Å²) in [6.45, 7) is 6.42. The summed E-state index contributed by atoms with van der Waals surface area (Å²) in [5, 5.41) is 2.90. The van der Waals surface area contributed by atoms with Gasteiger partial charge in [-0.15, -0.1) is 0 Å². The number of ether oxygens (including phenoxy) is 1. The van der Waals surface area contributed by atoms with Crippen LogP contribution in [0.5, 0.6) is 5.75 Å². The second-order valence-corrected chi connectivity index (χ2v) is 4.96. The molecule has 0 atom stereocenters. The lowest BCUT2D eigenvalue weighted by Gasteiger charge is -2.11. The van der Waals surface area contributed by atoms with E-state index < -0.39 is 0 Å². The van der Waals surface area contributed by atoms with Crippen LogP contribution in [0.3, 0.4) is 0 Å². The summed E-state index contributed by atoms with van der Waals surface area (Å²) in [5.74, 6) is 0.414. The highest BCUT2D eigenvalue weighted by Gasteiger charge is 2.10. The summed E-state index contributed by atoms with van der Waals surface area (Å²) in [5.41, 5.74) is 9.85. The van der Waals surface area contributed by atoms with Crippen molar-refractivity contribution in [2.45, 2.75) is 20.8 Å². The van der Waals surface area contributed by atoms with E-state index in [1.54, 1.807) is 18.2 Å². The van der Waals surface area contributed by atoms with E-state index >= 15 is 0 Å².